The Labute approximate surface area is 166 Å². The van der Waals surface area contributed by atoms with Crippen molar-refractivity contribution in [3.63, 3.8) is 0 Å². The molecular weight excluding hydrogens is 346 g/mol. The number of fused-ring (bicyclic) bond motifs is 6. The summed E-state index contributed by atoms with van der Waals surface area (Å²) in [6, 6.07) is 8.33. The molecule has 148 valence electrons. The lowest BCUT2D eigenvalue weighted by Gasteiger charge is -2.52. The lowest BCUT2D eigenvalue weighted by Crippen LogP contribution is -2.53. The van der Waals surface area contributed by atoms with Gasteiger partial charge < -0.3 is 16.0 Å². The van der Waals surface area contributed by atoms with Gasteiger partial charge in [0.05, 0.1) is 11.0 Å². The summed E-state index contributed by atoms with van der Waals surface area (Å²) in [7, 11) is 0. The number of para-hydroxylation sites is 1. The predicted molar refractivity (Wildman–Crippen MR) is 115 cm³/mol. The van der Waals surface area contributed by atoms with Crippen LogP contribution in [0.5, 0.6) is 0 Å². The number of nitrogens with two attached hydrogens (primary N) is 2. The number of nitrogens with zero attached hydrogens (tertiary/aromatic N) is 3. The van der Waals surface area contributed by atoms with E-state index in [-0.39, 0.29) is 5.54 Å². The van der Waals surface area contributed by atoms with Crippen LogP contribution >= 0.6 is 0 Å². The number of aromatic nitrogens is 3. The van der Waals surface area contributed by atoms with E-state index in [1.165, 1.54) is 37.0 Å². The Balaban J connectivity index is 1.67. The van der Waals surface area contributed by atoms with Crippen LogP contribution in [0.3, 0.4) is 0 Å². The Kier molecular flexibility index (Phi) is 4.13. The number of nitrogen functional groups attached to an aromatic ring is 1. The molecule has 0 radical (unpaired) electrons. The van der Waals surface area contributed by atoms with Gasteiger partial charge in [-0.05, 0) is 56.4 Å². The van der Waals surface area contributed by atoms with E-state index in [1.54, 1.807) is 0 Å². The van der Waals surface area contributed by atoms with Crippen LogP contribution in [-0.4, -0.2) is 20.1 Å². The average molecular weight is 378 g/mol. The van der Waals surface area contributed by atoms with E-state index in [2.05, 4.69) is 34.7 Å². The van der Waals surface area contributed by atoms with Crippen LogP contribution in [0.4, 0.5) is 5.82 Å². The molecule has 0 saturated heterocycles. The van der Waals surface area contributed by atoms with Crippen LogP contribution in [0.25, 0.3) is 21.9 Å². The van der Waals surface area contributed by atoms with Crippen LogP contribution in [0.2, 0.25) is 0 Å². The normalized spacial score (nSPS) is 27.1. The fourth-order valence-corrected chi connectivity index (χ4v) is 5.47. The molecule has 5 nitrogen and oxygen atoms in total. The molecule has 0 spiro atoms. The second-order valence-electron chi connectivity index (χ2n) is 9.29. The van der Waals surface area contributed by atoms with Gasteiger partial charge in [-0.15, -0.1) is 0 Å². The molecule has 1 aromatic carbocycles. The van der Waals surface area contributed by atoms with E-state index in [1.807, 2.05) is 6.07 Å². The van der Waals surface area contributed by atoms with Gasteiger partial charge in [-0.2, -0.15) is 0 Å². The van der Waals surface area contributed by atoms with Crippen LogP contribution in [0.15, 0.2) is 24.3 Å². The molecule has 2 bridgehead atoms. The second-order valence-corrected chi connectivity index (χ2v) is 9.29. The van der Waals surface area contributed by atoms with Gasteiger partial charge in [0.15, 0.2) is 5.82 Å². The number of pyridine rings is 1. The standard InChI is InChI=1S/C23H31N5/c1-2-3-8-18-27-19-20(16-6-4-5-7-17(16)26-21(19)24)28(18)15-22-9-12-23(25,13-10-22)14-11-22/h4-7H,2-3,8-15,25H2,1H3,(H2,24,26). The number of unbranched alkanes of at least 4 members (excludes halogenated alkanes) is 1. The first-order valence-corrected chi connectivity index (χ1v) is 10.8. The van der Waals surface area contributed by atoms with Gasteiger partial charge in [-0.3, -0.25) is 0 Å². The molecule has 3 fully saturated rings. The maximum atomic E-state index is 6.57. The first kappa shape index (κ1) is 17.9. The highest BCUT2D eigenvalue weighted by Gasteiger charge is 2.47. The fraction of sp³-hybridized carbons (Fsp3) is 0.565. The van der Waals surface area contributed by atoms with Crippen molar-refractivity contribution in [2.45, 2.75) is 76.8 Å². The summed E-state index contributed by atoms with van der Waals surface area (Å²) < 4.78 is 2.50. The zero-order valence-corrected chi connectivity index (χ0v) is 16.9. The van der Waals surface area contributed by atoms with E-state index < -0.39 is 0 Å². The van der Waals surface area contributed by atoms with Crippen LogP contribution in [0, 0.1) is 5.41 Å². The van der Waals surface area contributed by atoms with Gasteiger partial charge >= 0.3 is 0 Å². The Morgan fingerprint density at radius 2 is 1.75 bits per heavy atom. The summed E-state index contributed by atoms with van der Waals surface area (Å²) in [4.78, 5) is 9.63. The van der Waals surface area contributed by atoms with Gasteiger partial charge in [0.1, 0.15) is 11.3 Å². The molecule has 4 N–H and O–H groups in total. The smallest absolute Gasteiger partial charge is 0.152 e. The summed E-state index contributed by atoms with van der Waals surface area (Å²) in [5.74, 6) is 1.72. The predicted octanol–water partition coefficient (Wildman–Crippen LogP) is 4.56. The van der Waals surface area contributed by atoms with Crippen molar-refractivity contribution >= 4 is 27.8 Å². The minimum Gasteiger partial charge on any atom is -0.382 e. The van der Waals surface area contributed by atoms with Gasteiger partial charge in [0.25, 0.3) is 0 Å². The Morgan fingerprint density at radius 3 is 2.46 bits per heavy atom. The van der Waals surface area contributed by atoms with Crippen molar-refractivity contribution in [1.29, 1.82) is 0 Å². The van der Waals surface area contributed by atoms with E-state index in [0.717, 1.165) is 55.1 Å². The van der Waals surface area contributed by atoms with E-state index in [9.17, 15) is 0 Å². The molecule has 3 aromatic rings. The Bertz CT molecular complexity index is 1010. The lowest BCUT2D eigenvalue weighted by molar-refractivity contribution is 0.0303. The van der Waals surface area contributed by atoms with Crippen molar-refractivity contribution < 1.29 is 0 Å². The molecular formula is C23H31N5. The third kappa shape index (κ3) is 2.79. The summed E-state index contributed by atoms with van der Waals surface area (Å²) in [5.41, 5.74) is 16.4. The van der Waals surface area contributed by atoms with E-state index in [0.29, 0.717) is 11.2 Å². The molecule has 0 atom stereocenters. The highest BCUT2D eigenvalue weighted by molar-refractivity contribution is 6.06. The molecule has 0 unspecified atom stereocenters. The van der Waals surface area contributed by atoms with Crippen LogP contribution in [0.1, 0.15) is 64.1 Å². The van der Waals surface area contributed by atoms with Crippen LogP contribution in [-0.2, 0) is 13.0 Å². The van der Waals surface area contributed by atoms with Crippen molar-refractivity contribution in [2.75, 3.05) is 5.73 Å². The molecule has 3 aliphatic carbocycles. The highest BCUT2D eigenvalue weighted by atomic mass is 15.1. The lowest BCUT2D eigenvalue weighted by atomic mass is 9.57. The fourth-order valence-electron chi connectivity index (χ4n) is 5.47. The van der Waals surface area contributed by atoms with Crippen LogP contribution < -0.4 is 11.5 Å². The Hall–Kier alpha value is -2.14. The zero-order chi connectivity index (χ0) is 19.4. The molecule has 2 heterocycles. The largest absolute Gasteiger partial charge is 0.382 e. The van der Waals surface area contributed by atoms with Crippen molar-refractivity contribution in [1.82, 2.24) is 14.5 Å². The monoisotopic (exact) mass is 377 g/mol. The highest BCUT2D eigenvalue weighted by Crippen LogP contribution is 2.52. The number of hydrogen-bond acceptors (Lipinski definition) is 4. The maximum absolute atomic E-state index is 6.57. The number of rotatable bonds is 5. The molecule has 3 aliphatic rings. The summed E-state index contributed by atoms with van der Waals surface area (Å²) in [6.07, 6.45) is 10.5. The van der Waals surface area contributed by atoms with Gasteiger partial charge in [0, 0.05) is 23.9 Å². The zero-order valence-electron chi connectivity index (χ0n) is 16.9. The van der Waals surface area contributed by atoms with E-state index >= 15 is 0 Å². The maximum Gasteiger partial charge on any atom is 0.152 e. The number of anilines is 1. The average Bonchev–Trinajstić information content (AvgIpc) is 3.07. The van der Waals surface area contributed by atoms with Gasteiger partial charge in [-0.25, -0.2) is 9.97 Å². The molecule has 28 heavy (non-hydrogen) atoms. The molecule has 0 amide bonds. The number of benzene rings is 1. The van der Waals surface area contributed by atoms with Crippen molar-refractivity contribution in [3.8, 4) is 0 Å². The number of hydrogen-bond donors (Lipinski definition) is 2. The number of imidazole rings is 1. The summed E-state index contributed by atoms with van der Waals surface area (Å²) >= 11 is 0. The third-order valence-electron chi connectivity index (χ3n) is 7.40. The second kappa shape index (κ2) is 6.45. The minimum atomic E-state index is 0.102. The summed E-state index contributed by atoms with van der Waals surface area (Å²) in [6.45, 7) is 3.27. The van der Waals surface area contributed by atoms with Crippen molar-refractivity contribution in [3.05, 3.63) is 30.1 Å². The SMILES string of the molecule is CCCCc1nc2c(N)nc3ccccc3c2n1CC12CCC(N)(CC1)CC2. The molecule has 5 heteroatoms. The molecule has 6 rings (SSSR count). The topological polar surface area (TPSA) is 82.8 Å². The third-order valence-corrected chi connectivity index (χ3v) is 7.40. The quantitative estimate of drug-likeness (QED) is 0.683. The molecule has 3 saturated carbocycles. The van der Waals surface area contributed by atoms with E-state index in [4.69, 9.17) is 16.5 Å². The first-order chi connectivity index (χ1) is 13.5. The first-order valence-electron chi connectivity index (χ1n) is 10.8. The Morgan fingerprint density at radius 1 is 1.04 bits per heavy atom. The molecule has 2 aromatic heterocycles. The van der Waals surface area contributed by atoms with Gasteiger partial charge in [-0.1, -0.05) is 31.5 Å². The number of aryl methyl sites for hydroxylation is 1. The minimum absolute atomic E-state index is 0.102. The van der Waals surface area contributed by atoms with Crippen molar-refractivity contribution in [2.24, 2.45) is 11.1 Å². The molecule has 0 aliphatic heterocycles. The van der Waals surface area contributed by atoms with Gasteiger partial charge in [0.2, 0.25) is 0 Å². The summed E-state index contributed by atoms with van der Waals surface area (Å²) in [5, 5.41) is 1.16.